The van der Waals surface area contributed by atoms with Crippen molar-refractivity contribution in [2.75, 3.05) is 19.1 Å². The molecule has 0 unspecified atom stereocenters. The van der Waals surface area contributed by atoms with Gasteiger partial charge in [-0.15, -0.1) is 0 Å². The van der Waals surface area contributed by atoms with Crippen LogP contribution in [-0.4, -0.2) is 29.9 Å². The van der Waals surface area contributed by atoms with Crippen LogP contribution in [0.15, 0.2) is 35.4 Å². The molecule has 3 N–H and O–H groups in total. The predicted octanol–water partition coefficient (Wildman–Crippen LogP) is 2.98. The fraction of sp³-hybridized carbons (Fsp3) is 0.353. The van der Waals surface area contributed by atoms with Gasteiger partial charge in [0.1, 0.15) is 11.6 Å². The first-order chi connectivity index (χ1) is 12.4. The highest BCUT2D eigenvalue weighted by Gasteiger charge is 2.30. The van der Waals surface area contributed by atoms with Gasteiger partial charge in [-0.05, 0) is 24.1 Å². The van der Waals surface area contributed by atoms with Crippen molar-refractivity contribution in [1.82, 2.24) is 9.97 Å². The Labute approximate surface area is 149 Å². The second-order valence-corrected chi connectivity index (χ2v) is 5.45. The van der Waals surface area contributed by atoms with Gasteiger partial charge in [-0.3, -0.25) is 5.43 Å². The third-order valence-electron chi connectivity index (χ3n) is 3.39. The van der Waals surface area contributed by atoms with Crippen molar-refractivity contribution in [2.45, 2.75) is 25.6 Å². The summed E-state index contributed by atoms with van der Waals surface area (Å²) < 4.78 is 43.1. The van der Waals surface area contributed by atoms with E-state index in [0.29, 0.717) is 35.9 Å². The first-order valence-corrected chi connectivity index (χ1v) is 7.94. The number of ether oxygens (including phenoxy) is 1. The summed E-state index contributed by atoms with van der Waals surface area (Å²) in [7, 11) is 1.62. The molecule has 0 saturated heterocycles. The molecular formula is C17H20F3N5O. The number of methoxy groups -OCH3 is 1. The highest BCUT2D eigenvalue weighted by molar-refractivity contribution is 5.80. The molecule has 6 nitrogen and oxygen atoms in total. The van der Waals surface area contributed by atoms with Gasteiger partial charge in [0.15, 0.2) is 0 Å². The summed E-state index contributed by atoms with van der Waals surface area (Å²) in [5.41, 5.74) is 8.57. The van der Waals surface area contributed by atoms with E-state index in [9.17, 15) is 13.2 Å². The maximum atomic E-state index is 12.7. The first-order valence-electron chi connectivity index (χ1n) is 7.94. The Morgan fingerprint density at radius 2 is 2.08 bits per heavy atom. The Morgan fingerprint density at radius 1 is 1.27 bits per heavy atom. The Hall–Kier alpha value is -2.52. The molecule has 0 amide bonds. The molecule has 0 aliphatic rings. The smallest absolute Gasteiger partial charge is 0.385 e. The molecule has 1 aromatic carbocycles. The fourth-order valence-electron chi connectivity index (χ4n) is 2.17. The van der Waals surface area contributed by atoms with Gasteiger partial charge in [0.25, 0.3) is 0 Å². The molecule has 2 rings (SSSR count). The number of nitrogens with zero attached hydrogens (tertiary/aromatic N) is 3. The van der Waals surface area contributed by atoms with E-state index in [-0.39, 0.29) is 6.54 Å². The first kappa shape index (κ1) is 19.8. The van der Waals surface area contributed by atoms with E-state index < -0.39 is 11.7 Å². The Morgan fingerprint density at radius 3 is 2.77 bits per heavy atom. The van der Waals surface area contributed by atoms with E-state index in [2.05, 4.69) is 20.5 Å². The molecule has 0 atom stereocenters. The average molecular weight is 367 g/mol. The Bertz CT molecular complexity index is 749. The van der Waals surface area contributed by atoms with Crippen LogP contribution < -0.4 is 11.2 Å². The maximum Gasteiger partial charge on any atom is 0.416 e. The van der Waals surface area contributed by atoms with Crippen molar-refractivity contribution in [3.05, 3.63) is 53.0 Å². The minimum absolute atomic E-state index is 0.242. The van der Waals surface area contributed by atoms with Gasteiger partial charge in [-0.2, -0.15) is 18.3 Å². The van der Waals surface area contributed by atoms with Gasteiger partial charge in [-0.25, -0.2) is 9.97 Å². The largest absolute Gasteiger partial charge is 0.416 e. The molecule has 1 aromatic heterocycles. The highest BCUT2D eigenvalue weighted by atomic mass is 19.4. The van der Waals surface area contributed by atoms with Crippen LogP contribution >= 0.6 is 0 Å². The topological polar surface area (TPSA) is 85.4 Å². The average Bonchev–Trinajstić information content (AvgIpc) is 2.61. The highest BCUT2D eigenvalue weighted by Crippen LogP contribution is 2.29. The summed E-state index contributed by atoms with van der Waals surface area (Å²) in [5.74, 6) is 1.03. The van der Waals surface area contributed by atoms with Crippen molar-refractivity contribution < 1.29 is 17.9 Å². The number of nitrogens with two attached hydrogens (primary N) is 1. The summed E-state index contributed by atoms with van der Waals surface area (Å²) in [6.07, 6.45) is -1.72. The number of aromatic nitrogens is 2. The van der Waals surface area contributed by atoms with Crippen LogP contribution in [0.4, 0.5) is 19.0 Å². The van der Waals surface area contributed by atoms with E-state index >= 15 is 0 Å². The van der Waals surface area contributed by atoms with Crippen molar-refractivity contribution >= 4 is 12.0 Å². The molecule has 140 valence electrons. The van der Waals surface area contributed by atoms with Crippen LogP contribution in [0.25, 0.3) is 0 Å². The number of aryl methyl sites for hydroxylation is 1. The summed E-state index contributed by atoms with van der Waals surface area (Å²) >= 11 is 0. The van der Waals surface area contributed by atoms with E-state index in [1.54, 1.807) is 13.2 Å². The fourth-order valence-corrected chi connectivity index (χ4v) is 2.17. The van der Waals surface area contributed by atoms with Crippen LogP contribution in [0.2, 0.25) is 0 Å². The number of benzene rings is 1. The molecule has 0 fully saturated rings. The van der Waals surface area contributed by atoms with E-state index in [4.69, 9.17) is 10.5 Å². The van der Waals surface area contributed by atoms with Crippen LogP contribution in [0.5, 0.6) is 0 Å². The number of hydrogen-bond donors (Lipinski definition) is 2. The molecular weight excluding hydrogens is 347 g/mol. The predicted molar refractivity (Wildman–Crippen MR) is 92.8 cm³/mol. The second kappa shape index (κ2) is 9.25. The normalized spacial score (nSPS) is 11.9. The van der Waals surface area contributed by atoms with Gasteiger partial charge in [0.2, 0.25) is 0 Å². The van der Waals surface area contributed by atoms with Crippen molar-refractivity contribution in [3.63, 3.8) is 0 Å². The minimum atomic E-state index is -4.39. The molecule has 0 aliphatic carbocycles. The summed E-state index contributed by atoms with van der Waals surface area (Å²) in [4.78, 5) is 8.63. The number of halogens is 3. The molecule has 9 heteroatoms. The standard InChI is InChI=1S/C17H20F3N5O/c1-26-7-3-6-15-23-14(10-21)9-16(24-15)25-22-11-12-4-2-5-13(8-12)17(18,19)20/h2,4-5,8-9,11H,3,6-7,10,21H2,1H3,(H,23,24,25)/b22-11+. The molecule has 0 spiro atoms. The zero-order chi connectivity index (χ0) is 19.0. The summed E-state index contributed by atoms with van der Waals surface area (Å²) in [5, 5.41) is 3.95. The number of alkyl halides is 3. The van der Waals surface area contributed by atoms with Crippen molar-refractivity contribution in [3.8, 4) is 0 Å². The number of hydrazone groups is 1. The molecule has 26 heavy (non-hydrogen) atoms. The molecule has 0 aliphatic heterocycles. The number of hydrogen-bond acceptors (Lipinski definition) is 6. The van der Waals surface area contributed by atoms with Gasteiger partial charge < -0.3 is 10.5 Å². The lowest BCUT2D eigenvalue weighted by Gasteiger charge is -2.07. The minimum Gasteiger partial charge on any atom is -0.385 e. The van der Waals surface area contributed by atoms with Crippen molar-refractivity contribution in [1.29, 1.82) is 0 Å². The van der Waals surface area contributed by atoms with Gasteiger partial charge >= 0.3 is 6.18 Å². The lowest BCUT2D eigenvalue weighted by molar-refractivity contribution is -0.137. The van der Waals surface area contributed by atoms with E-state index in [0.717, 1.165) is 18.6 Å². The van der Waals surface area contributed by atoms with Crippen molar-refractivity contribution in [2.24, 2.45) is 10.8 Å². The molecule has 1 heterocycles. The molecule has 2 aromatic rings. The van der Waals surface area contributed by atoms with Gasteiger partial charge in [0, 0.05) is 32.7 Å². The quantitative estimate of drug-likeness (QED) is 0.426. The third-order valence-corrected chi connectivity index (χ3v) is 3.39. The molecule has 0 radical (unpaired) electrons. The number of nitrogens with one attached hydrogen (secondary N) is 1. The zero-order valence-corrected chi connectivity index (χ0v) is 14.3. The Kier molecular flexibility index (Phi) is 7.05. The lowest BCUT2D eigenvalue weighted by Crippen LogP contribution is -2.08. The van der Waals surface area contributed by atoms with Crippen LogP contribution in [0.3, 0.4) is 0 Å². The monoisotopic (exact) mass is 367 g/mol. The third kappa shape index (κ3) is 6.08. The zero-order valence-electron chi connectivity index (χ0n) is 14.3. The lowest BCUT2D eigenvalue weighted by atomic mass is 10.1. The van der Waals surface area contributed by atoms with Crippen LogP contribution in [0.1, 0.15) is 29.1 Å². The molecule has 0 bridgehead atoms. The van der Waals surface area contributed by atoms with Crippen LogP contribution in [-0.2, 0) is 23.9 Å². The van der Waals surface area contributed by atoms with E-state index in [1.807, 2.05) is 0 Å². The maximum absolute atomic E-state index is 12.7. The molecule has 0 saturated carbocycles. The van der Waals surface area contributed by atoms with Gasteiger partial charge in [-0.1, -0.05) is 12.1 Å². The van der Waals surface area contributed by atoms with E-state index in [1.165, 1.54) is 18.3 Å². The second-order valence-electron chi connectivity index (χ2n) is 5.45. The van der Waals surface area contributed by atoms with Crippen LogP contribution in [0, 0.1) is 0 Å². The number of anilines is 1. The van der Waals surface area contributed by atoms with Gasteiger partial charge in [0.05, 0.1) is 17.5 Å². The number of rotatable bonds is 8. The SMILES string of the molecule is COCCCc1nc(CN)cc(N/N=C/c2cccc(C(F)(F)F)c2)n1. The Balaban J connectivity index is 2.08. The summed E-state index contributed by atoms with van der Waals surface area (Å²) in [6, 6.07) is 6.53. The summed E-state index contributed by atoms with van der Waals surface area (Å²) in [6.45, 7) is 0.832.